The Bertz CT molecular complexity index is 557. The van der Waals surface area contributed by atoms with Gasteiger partial charge in [0.1, 0.15) is 5.75 Å². The summed E-state index contributed by atoms with van der Waals surface area (Å²) < 4.78 is 6.96. The normalized spacial score (nSPS) is 10.6. The molecule has 0 amide bonds. The Balaban J connectivity index is 2.15. The molecule has 2 heterocycles. The zero-order valence-corrected chi connectivity index (χ0v) is 11.6. The van der Waals surface area contributed by atoms with Crippen molar-refractivity contribution < 1.29 is 9.53 Å². The number of hydrogen-bond acceptors (Lipinski definition) is 4. The molecule has 2 aromatic rings. The smallest absolute Gasteiger partial charge is 0.178 e. The molecule has 0 aliphatic carbocycles. The average Bonchev–Trinajstić information content (AvgIpc) is 2.95. The first-order valence-electron chi connectivity index (χ1n) is 5.83. The van der Waals surface area contributed by atoms with E-state index in [1.54, 1.807) is 13.2 Å². The van der Waals surface area contributed by atoms with Crippen molar-refractivity contribution in [1.29, 1.82) is 0 Å². The third kappa shape index (κ3) is 2.61. The quantitative estimate of drug-likeness (QED) is 0.780. The lowest BCUT2D eigenvalue weighted by molar-refractivity contribution is 0.0994. The van der Waals surface area contributed by atoms with E-state index in [1.807, 2.05) is 30.0 Å². The molecule has 2 rings (SSSR count). The summed E-state index contributed by atoms with van der Waals surface area (Å²) in [6.45, 7) is 4.74. The minimum absolute atomic E-state index is 0.109. The van der Waals surface area contributed by atoms with Gasteiger partial charge in [-0.05, 0) is 19.9 Å². The first-order valence-corrected chi connectivity index (χ1v) is 6.71. The van der Waals surface area contributed by atoms with E-state index in [9.17, 15) is 4.79 Å². The Hall–Kier alpha value is -1.62. The van der Waals surface area contributed by atoms with Crippen LogP contribution in [-0.4, -0.2) is 22.7 Å². The highest BCUT2D eigenvalue weighted by Gasteiger charge is 2.13. The van der Waals surface area contributed by atoms with Crippen LogP contribution in [0.3, 0.4) is 0 Å². The molecule has 0 N–H and O–H groups in total. The third-order valence-corrected chi connectivity index (χ3v) is 3.66. The van der Waals surface area contributed by atoms with Crippen LogP contribution in [0.2, 0.25) is 0 Å². The number of ether oxygens (including phenoxy) is 1. The summed E-state index contributed by atoms with van der Waals surface area (Å²) in [5.41, 5.74) is 1.91. The van der Waals surface area contributed by atoms with Gasteiger partial charge in [0.2, 0.25) is 0 Å². The van der Waals surface area contributed by atoms with Crippen molar-refractivity contribution in [2.75, 3.05) is 7.11 Å². The zero-order valence-electron chi connectivity index (χ0n) is 10.8. The van der Waals surface area contributed by atoms with Crippen LogP contribution in [0.25, 0.3) is 0 Å². The van der Waals surface area contributed by atoms with E-state index in [-0.39, 0.29) is 5.78 Å². The van der Waals surface area contributed by atoms with Crippen LogP contribution in [0.1, 0.15) is 28.0 Å². The van der Waals surface area contributed by atoms with Gasteiger partial charge in [-0.15, -0.1) is 11.3 Å². The maximum absolute atomic E-state index is 12.1. The highest BCUT2D eigenvalue weighted by molar-refractivity contribution is 7.12. The fourth-order valence-corrected chi connectivity index (χ4v) is 2.63. The van der Waals surface area contributed by atoms with Crippen LogP contribution < -0.4 is 4.74 Å². The first-order chi connectivity index (χ1) is 8.63. The van der Waals surface area contributed by atoms with Crippen molar-refractivity contribution in [1.82, 2.24) is 9.78 Å². The Morgan fingerprint density at radius 3 is 2.89 bits per heavy atom. The number of ketones is 1. The zero-order chi connectivity index (χ0) is 13.1. The number of carbonyl (C=O) groups is 1. The Morgan fingerprint density at radius 2 is 2.28 bits per heavy atom. The highest BCUT2D eigenvalue weighted by atomic mass is 32.1. The van der Waals surface area contributed by atoms with E-state index >= 15 is 0 Å². The molecule has 0 saturated carbocycles. The average molecular weight is 264 g/mol. The molecule has 0 unspecified atom stereocenters. The van der Waals surface area contributed by atoms with Gasteiger partial charge in [0, 0.05) is 23.7 Å². The molecule has 4 nitrogen and oxygen atoms in total. The van der Waals surface area contributed by atoms with Crippen LogP contribution in [0.15, 0.2) is 17.5 Å². The lowest BCUT2D eigenvalue weighted by Crippen LogP contribution is -2.08. The Labute approximate surface area is 110 Å². The second kappa shape index (κ2) is 5.35. The van der Waals surface area contributed by atoms with Crippen molar-refractivity contribution in [2.45, 2.75) is 26.8 Å². The van der Waals surface area contributed by atoms with E-state index in [1.165, 1.54) is 11.3 Å². The van der Waals surface area contributed by atoms with Gasteiger partial charge in [-0.3, -0.25) is 9.48 Å². The Morgan fingerprint density at radius 1 is 1.50 bits per heavy atom. The highest BCUT2D eigenvalue weighted by Crippen LogP contribution is 2.22. The Kier molecular flexibility index (Phi) is 3.81. The van der Waals surface area contributed by atoms with Gasteiger partial charge in [0.25, 0.3) is 0 Å². The predicted molar refractivity (Wildman–Crippen MR) is 71.5 cm³/mol. The number of Topliss-reactive ketones (excluding diaryl/α,β-unsaturated/α-hetero) is 1. The third-order valence-electron chi connectivity index (χ3n) is 2.71. The molecule has 2 aromatic heterocycles. The van der Waals surface area contributed by atoms with Gasteiger partial charge < -0.3 is 4.74 Å². The SMILES string of the molecule is CCn1nc(C)cc1CC(=O)c1cc(OC)cs1. The predicted octanol–water partition coefficient (Wildman–Crippen LogP) is 2.71. The molecule has 0 saturated heterocycles. The summed E-state index contributed by atoms with van der Waals surface area (Å²) in [4.78, 5) is 12.9. The van der Waals surface area contributed by atoms with E-state index in [0.29, 0.717) is 6.42 Å². The molecule has 0 bridgehead atoms. The maximum atomic E-state index is 12.1. The van der Waals surface area contributed by atoms with Gasteiger partial charge in [0.15, 0.2) is 5.78 Å². The van der Waals surface area contributed by atoms with Gasteiger partial charge in [-0.1, -0.05) is 0 Å². The standard InChI is InChI=1S/C13H16N2O2S/c1-4-15-10(5-9(2)14-15)6-12(16)13-7-11(17-3)8-18-13/h5,7-8H,4,6H2,1-3H3. The summed E-state index contributed by atoms with van der Waals surface area (Å²) in [6.07, 6.45) is 0.387. The number of aryl methyl sites for hydroxylation is 2. The van der Waals surface area contributed by atoms with E-state index in [0.717, 1.165) is 28.6 Å². The van der Waals surface area contributed by atoms with Crippen molar-refractivity contribution in [3.8, 4) is 5.75 Å². The molecule has 18 heavy (non-hydrogen) atoms. The van der Waals surface area contributed by atoms with Crippen molar-refractivity contribution in [2.24, 2.45) is 0 Å². The lowest BCUT2D eigenvalue weighted by atomic mass is 10.2. The number of carbonyl (C=O) groups excluding carboxylic acids is 1. The summed E-state index contributed by atoms with van der Waals surface area (Å²) in [5, 5.41) is 6.18. The molecule has 0 aliphatic rings. The molecule has 5 heteroatoms. The molecule has 0 atom stereocenters. The minimum Gasteiger partial charge on any atom is -0.496 e. The molecule has 0 radical (unpaired) electrons. The number of hydrogen-bond donors (Lipinski definition) is 0. The number of aromatic nitrogens is 2. The number of rotatable bonds is 5. The lowest BCUT2D eigenvalue weighted by Gasteiger charge is -2.02. The largest absolute Gasteiger partial charge is 0.496 e. The van der Waals surface area contributed by atoms with Crippen LogP contribution >= 0.6 is 11.3 Å². The number of nitrogens with zero attached hydrogens (tertiary/aromatic N) is 2. The number of methoxy groups -OCH3 is 1. The second-order valence-electron chi connectivity index (χ2n) is 4.04. The second-order valence-corrected chi connectivity index (χ2v) is 4.95. The van der Waals surface area contributed by atoms with Crippen LogP contribution in [0.4, 0.5) is 0 Å². The molecule has 0 aromatic carbocycles. The maximum Gasteiger partial charge on any atom is 0.178 e. The van der Waals surface area contributed by atoms with Gasteiger partial charge in [0.05, 0.1) is 24.1 Å². The van der Waals surface area contributed by atoms with Gasteiger partial charge >= 0.3 is 0 Å². The summed E-state index contributed by atoms with van der Waals surface area (Å²) in [6, 6.07) is 3.75. The minimum atomic E-state index is 0.109. The van der Waals surface area contributed by atoms with E-state index in [4.69, 9.17) is 4.74 Å². The molecular weight excluding hydrogens is 248 g/mol. The fourth-order valence-electron chi connectivity index (χ4n) is 1.84. The van der Waals surface area contributed by atoms with Crippen LogP contribution in [0, 0.1) is 6.92 Å². The summed E-state index contributed by atoms with van der Waals surface area (Å²) in [7, 11) is 1.60. The van der Waals surface area contributed by atoms with Crippen LogP contribution in [0.5, 0.6) is 5.75 Å². The fraction of sp³-hybridized carbons (Fsp3) is 0.385. The van der Waals surface area contributed by atoms with E-state index < -0.39 is 0 Å². The summed E-state index contributed by atoms with van der Waals surface area (Å²) in [5.74, 6) is 0.849. The van der Waals surface area contributed by atoms with E-state index in [2.05, 4.69) is 5.10 Å². The topological polar surface area (TPSA) is 44.1 Å². The molecular formula is C13H16N2O2S. The van der Waals surface area contributed by atoms with Crippen molar-refractivity contribution >= 4 is 17.1 Å². The number of thiophene rings is 1. The van der Waals surface area contributed by atoms with Crippen molar-refractivity contribution in [3.63, 3.8) is 0 Å². The molecule has 0 spiro atoms. The summed E-state index contributed by atoms with van der Waals surface area (Å²) >= 11 is 1.42. The monoisotopic (exact) mass is 264 g/mol. The van der Waals surface area contributed by atoms with Crippen molar-refractivity contribution in [3.05, 3.63) is 33.8 Å². The molecule has 96 valence electrons. The first kappa shape index (κ1) is 12.8. The van der Waals surface area contributed by atoms with Gasteiger partial charge in [-0.25, -0.2) is 0 Å². The van der Waals surface area contributed by atoms with Gasteiger partial charge in [-0.2, -0.15) is 5.10 Å². The molecule has 0 aliphatic heterocycles. The van der Waals surface area contributed by atoms with Crippen LogP contribution in [-0.2, 0) is 13.0 Å². The molecule has 0 fully saturated rings.